The van der Waals surface area contributed by atoms with Gasteiger partial charge in [-0.3, -0.25) is 20.2 Å². The maximum Gasteiger partial charge on any atom is 0.332 e. The van der Waals surface area contributed by atoms with Crippen molar-refractivity contribution >= 4 is 38.9 Å². The summed E-state index contributed by atoms with van der Waals surface area (Å²) in [7, 11) is 0. The molecule has 0 amide bonds. The quantitative estimate of drug-likeness (QED) is 0.588. The van der Waals surface area contributed by atoms with Gasteiger partial charge in [0.05, 0.1) is 20.9 Å². The molecule has 1 aromatic heterocycles. The molecule has 0 radical (unpaired) electrons. The molecule has 0 saturated carbocycles. The van der Waals surface area contributed by atoms with Crippen molar-refractivity contribution in [3.8, 4) is 11.6 Å². The number of hydrogen-bond donors (Lipinski definition) is 0. The molecular weight excluding hydrogens is 369 g/mol. The molecule has 1 aromatic carbocycles. The summed E-state index contributed by atoms with van der Waals surface area (Å²) in [5.41, 5.74) is -0.652. The van der Waals surface area contributed by atoms with Crippen molar-refractivity contribution in [2.75, 3.05) is 0 Å². The summed E-state index contributed by atoms with van der Waals surface area (Å²) in [5.74, 6) is -0.408. The number of pyridine rings is 1. The molecule has 1 heterocycles. The topological polar surface area (TPSA) is 108 Å². The molecule has 0 atom stereocenters. The van der Waals surface area contributed by atoms with Gasteiger partial charge >= 0.3 is 5.69 Å². The number of hydrogen-bond acceptors (Lipinski definition) is 6. The van der Waals surface area contributed by atoms with E-state index in [4.69, 9.17) is 16.3 Å². The van der Waals surface area contributed by atoms with Crippen LogP contribution in [0.25, 0.3) is 0 Å². The third-order valence-electron chi connectivity index (χ3n) is 2.33. The van der Waals surface area contributed by atoms with Gasteiger partial charge in [-0.2, -0.15) is 0 Å². The molecule has 108 valence electrons. The van der Waals surface area contributed by atoms with Gasteiger partial charge in [-0.15, -0.1) is 0 Å². The summed E-state index contributed by atoms with van der Waals surface area (Å²) < 4.78 is 5.63. The van der Waals surface area contributed by atoms with Crippen molar-refractivity contribution in [1.29, 1.82) is 0 Å². The summed E-state index contributed by atoms with van der Waals surface area (Å²) >= 11 is 8.92. The summed E-state index contributed by atoms with van der Waals surface area (Å²) in [4.78, 5) is 24.1. The minimum Gasteiger partial charge on any atom is -0.432 e. The van der Waals surface area contributed by atoms with Gasteiger partial charge in [0.1, 0.15) is 0 Å². The van der Waals surface area contributed by atoms with Crippen LogP contribution in [0.2, 0.25) is 5.02 Å². The third-order valence-corrected chi connectivity index (χ3v) is 3.07. The number of halogens is 2. The zero-order valence-corrected chi connectivity index (χ0v) is 12.4. The van der Waals surface area contributed by atoms with Crippen molar-refractivity contribution in [2.45, 2.75) is 0 Å². The van der Waals surface area contributed by atoms with Crippen molar-refractivity contribution < 1.29 is 14.6 Å². The Balaban J connectivity index is 2.45. The fourth-order valence-corrected chi connectivity index (χ4v) is 1.89. The Morgan fingerprint density at radius 2 is 1.90 bits per heavy atom. The second-order valence-corrected chi connectivity index (χ2v) is 5.03. The molecular formula is C11H5BrClN3O5. The Kier molecular flexibility index (Phi) is 4.34. The molecule has 0 aliphatic heterocycles. The minimum atomic E-state index is -0.682. The first-order valence-electron chi connectivity index (χ1n) is 5.30. The van der Waals surface area contributed by atoms with Gasteiger partial charge in [-0.05, 0) is 22.0 Å². The molecule has 0 aliphatic carbocycles. The number of rotatable bonds is 4. The summed E-state index contributed by atoms with van der Waals surface area (Å²) in [5, 5.41) is 21.7. The normalized spacial score (nSPS) is 10.2. The summed E-state index contributed by atoms with van der Waals surface area (Å²) in [6, 6.07) is 4.72. The number of benzene rings is 1. The van der Waals surface area contributed by atoms with Gasteiger partial charge in [-0.25, -0.2) is 4.98 Å². The second-order valence-electron chi connectivity index (χ2n) is 3.71. The van der Waals surface area contributed by atoms with Crippen molar-refractivity contribution in [1.82, 2.24) is 4.98 Å². The Labute approximate surface area is 130 Å². The van der Waals surface area contributed by atoms with E-state index in [0.29, 0.717) is 4.47 Å². The SMILES string of the molecule is O=[N+]([O-])c1ccc(Cl)c(Oc2ncc(Br)cc2[N+](=O)[O-])c1. The predicted molar refractivity (Wildman–Crippen MR) is 76.8 cm³/mol. The van der Waals surface area contributed by atoms with Gasteiger partial charge in [0.25, 0.3) is 11.6 Å². The van der Waals surface area contributed by atoms with Crippen LogP contribution in [0.5, 0.6) is 11.6 Å². The summed E-state index contributed by atoms with van der Waals surface area (Å²) in [6.45, 7) is 0. The maximum atomic E-state index is 10.9. The molecule has 8 nitrogen and oxygen atoms in total. The molecule has 0 fully saturated rings. The third kappa shape index (κ3) is 3.44. The van der Waals surface area contributed by atoms with Gasteiger partial charge in [0, 0.05) is 22.8 Å². The highest BCUT2D eigenvalue weighted by atomic mass is 79.9. The van der Waals surface area contributed by atoms with Crippen LogP contribution in [0.1, 0.15) is 0 Å². The second kappa shape index (κ2) is 6.02. The molecule has 0 unspecified atom stereocenters. The largest absolute Gasteiger partial charge is 0.432 e. The molecule has 2 aromatic rings. The molecule has 2 rings (SSSR count). The number of non-ortho nitro benzene ring substituents is 1. The first-order valence-corrected chi connectivity index (χ1v) is 6.47. The van der Waals surface area contributed by atoms with Crippen LogP contribution in [0.3, 0.4) is 0 Å². The van der Waals surface area contributed by atoms with Crippen molar-refractivity contribution in [3.05, 3.63) is 60.2 Å². The maximum absolute atomic E-state index is 10.9. The van der Waals surface area contributed by atoms with Crippen LogP contribution in [0, 0.1) is 20.2 Å². The Hall–Kier alpha value is -2.26. The predicted octanol–water partition coefficient (Wildman–Crippen LogP) is 4.11. The van der Waals surface area contributed by atoms with E-state index < -0.39 is 15.5 Å². The first-order chi connectivity index (χ1) is 9.88. The fraction of sp³-hybridized carbons (Fsp3) is 0. The van der Waals surface area contributed by atoms with E-state index >= 15 is 0 Å². The number of nitrogens with zero attached hydrogens (tertiary/aromatic N) is 3. The van der Waals surface area contributed by atoms with Crippen LogP contribution in [-0.4, -0.2) is 14.8 Å². The molecule has 0 N–H and O–H groups in total. The highest BCUT2D eigenvalue weighted by molar-refractivity contribution is 9.10. The van der Waals surface area contributed by atoms with Crippen molar-refractivity contribution in [3.63, 3.8) is 0 Å². The van der Waals surface area contributed by atoms with Crippen molar-refractivity contribution in [2.24, 2.45) is 0 Å². The standard InChI is InChI=1S/C11H5BrClN3O5/c12-6-3-9(16(19)20)11(14-5-6)21-10-4-7(15(17)18)1-2-8(10)13/h1-5H. The molecule has 0 spiro atoms. The number of aromatic nitrogens is 1. The lowest BCUT2D eigenvalue weighted by Gasteiger charge is -2.07. The smallest absolute Gasteiger partial charge is 0.332 e. The van der Waals surface area contributed by atoms with Crippen LogP contribution < -0.4 is 4.74 Å². The minimum absolute atomic E-state index is 0.0691. The lowest BCUT2D eigenvalue weighted by atomic mass is 10.3. The van der Waals surface area contributed by atoms with Crippen LogP contribution >= 0.6 is 27.5 Å². The lowest BCUT2D eigenvalue weighted by Crippen LogP contribution is -1.97. The van der Waals surface area contributed by atoms with E-state index in [1.165, 1.54) is 24.4 Å². The van der Waals surface area contributed by atoms with Gasteiger partial charge in [0.15, 0.2) is 5.75 Å². The average Bonchev–Trinajstić information content (AvgIpc) is 2.42. The van der Waals surface area contributed by atoms with E-state index in [-0.39, 0.29) is 22.3 Å². The number of ether oxygens (including phenoxy) is 1. The van der Waals surface area contributed by atoms with Gasteiger partial charge in [-0.1, -0.05) is 11.6 Å². The van der Waals surface area contributed by atoms with E-state index in [1.54, 1.807) is 0 Å². The van der Waals surface area contributed by atoms with E-state index in [9.17, 15) is 20.2 Å². The zero-order chi connectivity index (χ0) is 15.6. The van der Waals surface area contributed by atoms with Crippen LogP contribution in [-0.2, 0) is 0 Å². The molecule has 0 saturated heterocycles. The molecule has 0 aliphatic rings. The molecule has 21 heavy (non-hydrogen) atoms. The fourth-order valence-electron chi connectivity index (χ4n) is 1.41. The number of nitro benzene ring substituents is 1. The lowest BCUT2D eigenvalue weighted by molar-refractivity contribution is -0.386. The monoisotopic (exact) mass is 373 g/mol. The van der Waals surface area contributed by atoms with E-state index in [2.05, 4.69) is 20.9 Å². The van der Waals surface area contributed by atoms with Crippen LogP contribution in [0.4, 0.5) is 11.4 Å². The average molecular weight is 375 g/mol. The Bertz CT molecular complexity index is 740. The molecule has 10 heteroatoms. The molecule has 0 bridgehead atoms. The highest BCUT2D eigenvalue weighted by Crippen LogP contribution is 2.36. The Morgan fingerprint density at radius 1 is 1.19 bits per heavy atom. The summed E-state index contributed by atoms with van der Waals surface area (Å²) in [6.07, 6.45) is 1.30. The van der Waals surface area contributed by atoms with Gasteiger partial charge in [0.2, 0.25) is 0 Å². The van der Waals surface area contributed by atoms with E-state index in [0.717, 1.165) is 6.07 Å². The van der Waals surface area contributed by atoms with Gasteiger partial charge < -0.3 is 4.74 Å². The Morgan fingerprint density at radius 3 is 2.52 bits per heavy atom. The van der Waals surface area contributed by atoms with Crippen LogP contribution in [0.15, 0.2) is 34.9 Å². The highest BCUT2D eigenvalue weighted by Gasteiger charge is 2.20. The van der Waals surface area contributed by atoms with E-state index in [1.807, 2.05) is 0 Å². The zero-order valence-electron chi connectivity index (χ0n) is 10.0. The first kappa shape index (κ1) is 15.1. The number of nitro groups is 2.